The maximum absolute atomic E-state index is 5.01. The van der Waals surface area contributed by atoms with Crippen molar-refractivity contribution in [2.45, 2.75) is 13.8 Å². The van der Waals surface area contributed by atoms with Crippen LogP contribution in [0, 0.1) is 0 Å². The predicted molar refractivity (Wildman–Crippen MR) is 36.0 cm³/mol. The van der Waals surface area contributed by atoms with Gasteiger partial charge in [0.15, 0.2) is 0 Å². The molecule has 8 heavy (non-hydrogen) atoms. The first-order valence-electron chi connectivity index (χ1n) is 2.48. The molecule has 0 atom stereocenters. The molecule has 0 aliphatic rings. The van der Waals surface area contributed by atoms with Crippen molar-refractivity contribution < 1.29 is 0 Å². The maximum atomic E-state index is 5.01. The van der Waals surface area contributed by atoms with E-state index in [1.165, 1.54) is 11.3 Å². The summed E-state index contributed by atoms with van der Waals surface area (Å²) in [5, 5.41) is 4.38. The summed E-state index contributed by atoms with van der Waals surface area (Å²) in [7, 11) is 1.64. The number of hydrogen-bond donors (Lipinski definition) is 2. The van der Waals surface area contributed by atoms with E-state index in [9.17, 15) is 0 Å². The molecule has 0 aromatic carbocycles. The first kappa shape index (κ1) is 10.3. The molecule has 50 valence electrons. The zero-order chi connectivity index (χ0) is 6.99. The first-order valence-corrected chi connectivity index (χ1v) is 2.48. The minimum absolute atomic E-state index is 1.26. The molecule has 0 aliphatic carbocycles. The second kappa shape index (κ2) is 9.52. The number of nitrogens with two attached hydrogens (primary N) is 2. The monoisotopic (exact) mass is 118 g/mol. The van der Waals surface area contributed by atoms with E-state index >= 15 is 0 Å². The molecule has 0 aromatic heterocycles. The summed E-state index contributed by atoms with van der Waals surface area (Å²) in [6.07, 6.45) is 1.31. The molecular formula is C4H14N4. The Bertz CT molecular complexity index is 50.0. The lowest BCUT2D eigenvalue weighted by Gasteiger charge is -1.97. The van der Waals surface area contributed by atoms with Gasteiger partial charge >= 0.3 is 0 Å². The number of nitrogens with zero attached hydrogens (tertiary/aromatic N) is 2. The zero-order valence-electron chi connectivity index (χ0n) is 5.63. The van der Waals surface area contributed by atoms with Crippen LogP contribution in [0.5, 0.6) is 0 Å². The Morgan fingerprint density at radius 1 is 1.50 bits per heavy atom. The lowest BCUT2D eigenvalue weighted by Crippen LogP contribution is -2.24. The molecule has 0 unspecified atom stereocenters. The van der Waals surface area contributed by atoms with Gasteiger partial charge in [-0.2, -0.15) is 5.10 Å². The summed E-state index contributed by atoms with van der Waals surface area (Å²) in [4.78, 5) is 0. The molecule has 4 heteroatoms. The summed E-state index contributed by atoms with van der Waals surface area (Å²) >= 11 is 0. The Morgan fingerprint density at radius 3 is 1.88 bits per heavy atom. The molecule has 4 nitrogen and oxygen atoms in total. The molecule has 0 aliphatic heterocycles. The lowest BCUT2D eigenvalue weighted by atomic mass is 11.0. The van der Waals surface area contributed by atoms with Crippen molar-refractivity contribution in [1.29, 1.82) is 0 Å². The van der Waals surface area contributed by atoms with E-state index in [1.807, 2.05) is 13.8 Å². The fourth-order valence-electron chi connectivity index (χ4n) is 0.105. The number of hydrazone groups is 1. The summed E-state index contributed by atoms with van der Waals surface area (Å²) < 4.78 is 0. The number of rotatable bonds is 1. The summed E-state index contributed by atoms with van der Waals surface area (Å²) in [6, 6.07) is 0. The van der Waals surface area contributed by atoms with Crippen molar-refractivity contribution in [2.75, 3.05) is 7.05 Å². The van der Waals surface area contributed by atoms with E-state index in [4.69, 9.17) is 5.84 Å². The second-order valence-corrected chi connectivity index (χ2v) is 0.930. The fraction of sp³-hybridized carbons (Fsp3) is 0.750. The minimum Gasteiger partial charge on any atom is -0.322 e. The quantitative estimate of drug-likeness (QED) is 0.215. The van der Waals surface area contributed by atoms with E-state index in [0.717, 1.165) is 0 Å². The van der Waals surface area contributed by atoms with Crippen LogP contribution in [-0.2, 0) is 0 Å². The van der Waals surface area contributed by atoms with Gasteiger partial charge in [-0.25, -0.2) is 5.84 Å². The normalized spacial score (nSPS) is 8.00. The zero-order valence-corrected chi connectivity index (χ0v) is 5.63. The topological polar surface area (TPSA) is 67.6 Å². The van der Waals surface area contributed by atoms with Crippen molar-refractivity contribution >= 4 is 6.34 Å². The van der Waals surface area contributed by atoms with Crippen LogP contribution in [0.4, 0.5) is 0 Å². The van der Waals surface area contributed by atoms with Crippen LogP contribution in [0.3, 0.4) is 0 Å². The van der Waals surface area contributed by atoms with Gasteiger partial charge in [-0.3, -0.25) is 0 Å². The van der Waals surface area contributed by atoms with Gasteiger partial charge in [0.1, 0.15) is 6.34 Å². The minimum atomic E-state index is 1.26. The van der Waals surface area contributed by atoms with Crippen LogP contribution in [0.1, 0.15) is 13.8 Å². The van der Waals surface area contributed by atoms with Gasteiger partial charge < -0.3 is 10.9 Å². The summed E-state index contributed by atoms with van der Waals surface area (Å²) in [5.41, 5.74) is 0. The third-order valence-electron chi connectivity index (χ3n) is 0.249. The molecule has 4 N–H and O–H groups in total. The van der Waals surface area contributed by atoms with Gasteiger partial charge in [-0.05, 0) is 0 Å². The fourth-order valence-corrected chi connectivity index (χ4v) is 0.105. The molecule has 0 radical (unpaired) electrons. The maximum Gasteiger partial charge on any atom is 0.124 e. The van der Waals surface area contributed by atoms with Gasteiger partial charge in [-0.1, -0.05) is 13.8 Å². The van der Waals surface area contributed by atoms with Crippen LogP contribution in [0.15, 0.2) is 5.10 Å². The number of hydrazine groups is 1. The van der Waals surface area contributed by atoms with E-state index in [2.05, 4.69) is 10.9 Å². The highest BCUT2D eigenvalue weighted by molar-refractivity contribution is 5.52. The Balaban J connectivity index is 0. The number of hydrogen-bond acceptors (Lipinski definition) is 3. The van der Waals surface area contributed by atoms with Crippen molar-refractivity contribution in [2.24, 2.45) is 16.8 Å². The van der Waals surface area contributed by atoms with Crippen molar-refractivity contribution in [3.8, 4) is 0 Å². The van der Waals surface area contributed by atoms with E-state index < -0.39 is 0 Å². The highest BCUT2D eigenvalue weighted by Crippen LogP contribution is 1.49. The largest absolute Gasteiger partial charge is 0.322 e. The van der Waals surface area contributed by atoms with Crippen LogP contribution >= 0.6 is 0 Å². The summed E-state index contributed by atoms with van der Waals surface area (Å²) in [6.45, 7) is 4.00. The lowest BCUT2D eigenvalue weighted by molar-refractivity contribution is 0.554. The molecule has 0 amide bonds. The smallest absolute Gasteiger partial charge is 0.124 e. The highest BCUT2D eigenvalue weighted by atomic mass is 15.4. The molecule has 0 spiro atoms. The second-order valence-electron chi connectivity index (χ2n) is 0.930. The Kier molecular flexibility index (Phi) is 12.2. The van der Waals surface area contributed by atoms with Crippen LogP contribution in [0.25, 0.3) is 0 Å². The highest BCUT2D eigenvalue weighted by Gasteiger charge is 1.68. The Morgan fingerprint density at radius 2 is 1.88 bits per heavy atom. The molecule has 0 fully saturated rings. The van der Waals surface area contributed by atoms with Gasteiger partial charge in [-0.15, -0.1) is 0 Å². The third kappa shape index (κ3) is 18.8. The SMILES string of the molecule is CC.CN(N)/C=N\N. The van der Waals surface area contributed by atoms with E-state index in [-0.39, 0.29) is 0 Å². The van der Waals surface area contributed by atoms with Crippen LogP contribution in [0.2, 0.25) is 0 Å². The van der Waals surface area contributed by atoms with Gasteiger partial charge in [0.2, 0.25) is 0 Å². The van der Waals surface area contributed by atoms with Gasteiger partial charge in [0.25, 0.3) is 0 Å². The first-order chi connectivity index (χ1) is 3.77. The van der Waals surface area contributed by atoms with Crippen LogP contribution < -0.4 is 11.7 Å². The molecular weight excluding hydrogens is 104 g/mol. The molecule has 0 heterocycles. The molecule has 0 saturated heterocycles. The summed E-state index contributed by atoms with van der Waals surface area (Å²) in [5.74, 6) is 9.68. The van der Waals surface area contributed by atoms with E-state index in [1.54, 1.807) is 7.05 Å². The average molecular weight is 118 g/mol. The molecule has 0 rings (SSSR count). The van der Waals surface area contributed by atoms with Crippen molar-refractivity contribution in [3.63, 3.8) is 0 Å². The predicted octanol–water partition coefficient (Wildman–Crippen LogP) is -0.280. The third-order valence-corrected chi connectivity index (χ3v) is 0.249. The van der Waals surface area contributed by atoms with E-state index in [0.29, 0.717) is 0 Å². The van der Waals surface area contributed by atoms with Crippen molar-refractivity contribution in [3.05, 3.63) is 0 Å². The Hall–Kier alpha value is -0.770. The van der Waals surface area contributed by atoms with Crippen LogP contribution in [-0.4, -0.2) is 18.4 Å². The van der Waals surface area contributed by atoms with Gasteiger partial charge in [0.05, 0.1) is 0 Å². The molecule has 0 aromatic rings. The molecule has 0 bridgehead atoms. The van der Waals surface area contributed by atoms with Crippen molar-refractivity contribution in [1.82, 2.24) is 5.01 Å². The average Bonchev–Trinajstić information content (AvgIpc) is 1.72. The standard InChI is InChI=1S/C2H8N4.C2H6/c1-6(4)2-5-3;1-2/h2H,3-4H2,1H3;1-2H3/b5-2-;. The Labute approximate surface area is 50.1 Å². The molecule has 0 saturated carbocycles. The van der Waals surface area contributed by atoms with Gasteiger partial charge in [0, 0.05) is 7.05 Å².